The molecule has 1 aromatic carbocycles. The van der Waals surface area contributed by atoms with E-state index in [1.165, 1.54) is 0 Å². The number of hydrogen-bond donors (Lipinski definition) is 0. The zero-order valence-electron chi connectivity index (χ0n) is 10.7. The maximum absolute atomic E-state index is 12.4. The van der Waals surface area contributed by atoms with Gasteiger partial charge in [-0.05, 0) is 26.0 Å². The molecule has 4 heteroatoms. The molecule has 0 radical (unpaired) electrons. The molecule has 1 aliphatic heterocycles. The number of ether oxygens (including phenoxy) is 1. The van der Waals surface area contributed by atoms with E-state index in [-0.39, 0.29) is 17.9 Å². The van der Waals surface area contributed by atoms with E-state index in [1.807, 2.05) is 26.0 Å². The summed E-state index contributed by atoms with van der Waals surface area (Å²) in [6.07, 6.45) is 0.188. The summed E-state index contributed by atoms with van der Waals surface area (Å²) in [7, 11) is 0. The monoisotopic (exact) mass is 267 g/mol. The van der Waals surface area contributed by atoms with Gasteiger partial charge in [-0.1, -0.05) is 23.7 Å². The van der Waals surface area contributed by atoms with Crippen molar-refractivity contribution in [3.8, 4) is 0 Å². The van der Waals surface area contributed by atoms with Crippen molar-refractivity contribution in [1.82, 2.24) is 4.90 Å². The number of carbonyl (C=O) groups excluding carboxylic acids is 1. The molecular weight excluding hydrogens is 250 g/mol. The standard InChI is InChI=1S/C14H18ClNO2/c1-10-9-16(6-7-18-10)11(2)14(17)12-4-3-5-13(15)8-12/h3-5,8,10-11H,6-7,9H2,1-2H3. The zero-order chi connectivity index (χ0) is 13.1. The van der Waals surface area contributed by atoms with E-state index < -0.39 is 0 Å². The van der Waals surface area contributed by atoms with E-state index in [4.69, 9.17) is 16.3 Å². The summed E-state index contributed by atoms with van der Waals surface area (Å²) in [4.78, 5) is 14.5. The van der Waals surface area contributed by atoms with E-state index in [2.05, 4.69) is 4.90 Å². The van der Waals surface area contributed by atoms with Crippen LogP contribution in [0.25, 0.3) is 0 Å². The van der Waals surface area contributed by atoms with Crippen LogP contribution in [0.2, 0.25) is 5.02 Å². The number of morpholine rings is 1. The Morgan fingerprint density at radius 3 is 3.00 bits per heavy atom. The molecule has 0 saturated carbocycles. The van der Waals surface area contributed by atoms with Gasteiger partial charge >= 0.3 is 0 Å². The number of ketones is 1. The van der Waals surface area contributed by atoms with Crippen LogP contribution in [0.5, 0.6) is 0 Å². The lowest BCUT2D eigenvalue weighted by atomic mass is 10.0. The molecule has 1 fully saturated rings. The fraction of sp³-hybridized carbons (Fsp3) is 0.500. The fourth-order valence-corrected chi connectivity index (χ4v) is 2.44. The minimum Gasteiger partial charge on any atom is -0.376 e. The number of rotatable bonds is 3. The van der Waals surface area contributed by atoms with E-state index in [0.717, 1.165) is 13.1 Å². The van der Waals surface area contributed by atoms with Crippen LogP contribution in [-0.4, -0.2) is 42.5 Å². The number of benzene rings is 1. The Kier molecular flexibility index (Phi) is 4.38. The van der Waals surface area contributed by atoms with Crippen LogP contribution in [0, 0.1) is 0 Å². The second-order valence-electron chi connectivity index (χ2n) is 4.73. The van der Waals surface area contributed by atoms with Gasteiger partial charge in [-0.3, -0.25) is 9.69 Å². The Morgan fingerprint density at radius 2 is 2.33 bits per heavy atom. The van der Waals surface area contributed by atoms with Crippen molar-refractivity contribution in [2.45, 2.75) is 26.0 Å². The largest absolute Gasteiger partial charge is 0.376 e. The van der Waals surface area contributed by atoms with Crippen molar-refractivity contribution in [3.63, 3.8) is 0 Å². The van der Waals surface area contributed by atoms with Crippen LogP contribution < -0.4 is 0 Å². The third-order valence-corrected chi connectivity index (χ3v) is 3.54. The normalized spacial score (nSPS) is 22.7. The van der Waals surface area contributed by atoms with Gasteiger partial charge in [0.25, 0.3) is 0 Å². The molecule has 0 N–H and O–H groups in total. The molecule has 2 rings (SSSR count). The second kappa shape index (κ2) is 5.83. The van der Waals surface area contributed by atoms with Crippen molar-refractivity contribution >= 4 is 17.4 Å². The van der Waals surface area contributed by atoms with Crippen molar-refractivity contribution in [2.75, 3.05) is 19.7 Å². The fourth-order valence-electron chi connectivity index (χ4n) is 2.25. The Hall–Kier alpha value is -0.900. The van der Waals surface area contributed by atoms with Crippen molar-refractivity contribution < 1.29 is 9.53 Å². The van der Waals surface area contributed by atoms with Gasteiger partial charge in [0, 0.05) is 23.7 Å². The van der Waals surface area contributed by atoms with Crippen LogP contribution in [0.3, 0.4) is 0 Å². The lowest BCUT2D eigenvalue weighted by Crippen LogP contribution is -2.48. The minimum absolute atomic E-state index is 0.117. The Bertz CT molecular complexity index is 436. The summed E-state index contributed by atoms with van der Waals surface area (Å²) in [5.74, 6) is 0.117. The highest BCUT2D eigenvalue weighted by Crippen LogP contribution is 2.16. The lowest BCUT2D eigenvalue weighted by Gasteiger charge is -2.34. The molecule has 1 saturated heterocycles. The summed E-state index contributed by atoms with van der Waals surface area (Å²) in [6, 6.07) is 7.00. The number of Topliss-reactive ketones (excluding diaryl/α,β-unsaturated/α-hetero) is 1. The first-order chi connectivity index (χ1) is 8.58. The summed E-state index contributed by atoms with van der Waals surface area (Å²) >= 11 is 5.92. The van der Waals surface area contributed by atoms with Crippen molar-refractivity contribution in [1.29, 1.82) is 0 Å². The van der Waals surface area contributed by atoms with Gasteiger partial charge in [0.15, 0.2) is 5.78 Å². The highest BCUT2D eigenvalue weighted by Gasteiger charge is 2.26. The van der Waals surface area contributed by atoms with Gasteiger partial charge in [-0.15, -0.1) is 0 Å². The van der Waals surface area contributed by atoms with Gasteiger partial charge in [0.1, 0.15) is 0 Å². The van der Waals surface area contributed by atoms with E-state index in [0.29, 0.717) is 17.2 Å². The average Bonchev–Trinajstić information content (AvgIpc) is 2.37. The zero-order valence-corrected chi connectivity index (χ0v) is 11.5. The second-order valence-corrected chi connectivity index (χ2v) is 5.16. The van der Waals surface area contributed by atoms with Gasteiger partial charge in [0.05, 0.1) is 18.8 Å². The molecule has 2 atom stereocenters. The molecule has 18 heavy (non-hydrogen) atoms. The Labute approximate surface area is 113 Å². The van der Waals surface area contributed by atoms with Gasteiger partial charge in [-0.2, -0.15) is 0 Å². The maximum atomic E-state index is 12.4. The molecule has 1 aliphatic rings. The maximum Gasteiger partial charge on any atom is 0.179 e. The first-order valence-electron chi connectivity index (χ1n) is 6.23. The van der Waals surface area contributed by atoms with Crippen molar-refractivity contribution in [2.24, 2.45) is 0 Å². The number of nitrogens with zero attached hydrogens (tertiary/aromatic N) is 1. The molecule has 0 aliphatic carbocycles. The number of carbonyl (C=O) groups is 1. The minimum atomic E-state index is -0.130. The first-order valence-corrected chi connectivity index (χ1v) is 6.61. The first kappa shape index (κ1) is 13.5. The highest BCUT2D eigenvalue weighted by atomic mass is 35.5. The molecule has 3 nitrogen and oxygen atoms in total. The molecule has 0 amide bonds. The molecule has 98 valence electrons. The molecule has 1 aromatic rings. The summed E-state index contributed by atoms with van der Waals surface area (Å²) in [5.41, 5.74) is 0.675. The van der Waals surface area contributed by atoms with Gasteiger partial charge in [0.2, 0.25) is 0 Å². The highest BCUT2D eigenvalue weighted by molar-refractivity contribution is 6.31. The van der Waals surface area contributed by atoms with Gasteiger partial charge in [-0.25, -0.2) is 0 Å². The third-order valence-electron chi connectivity index (χ3n) is 3.31. The molecular formula is C14H18ClNO2. The lowest BCUT2D eigenvalue weighted by molar-refractivity contribution is -0.0277. The predicted molar refractivity (Wildman–Crippen MR) is 72.2 cm³/mol. The summed E-state index contributed by atoms with van der Waals surface area (Å²) < 4.78 is 5.49. The molecule has 1 heterocycles. The van der Waals surface area contributed by atoms with Crippen LogP contribution in [0.15, 0.2) is 24.3 Å². The SMILES string of the molecule is CC1CN(C(C)C(=O)c2cccc(Cl)c2)CCO1. The van der Waals surface area contributed by atoms with Crippen LogP contribution in [0.4, 0.5) is 0 Å². The average molecular weight is 268 g/mol. The third kappa shape index (κ3) is 3.10. The van der Waals surface area contributed by atoms with Crippen LogP contribution in [0.1, 0.15) is 24.2 Å². The predicted octanol–water partition coefficient (Wildman–Crippen LogP) is 2.63. The Morgan fingerprint density at radius 1 is 1.56 bits per heavy atom. The van der Waals surface area contributed by atoms with Gasteiger partial charge < -0.3 is 4.74 Å². The van der Waals surface area contributed by atoms with Crippen molar-refractivity contribution in [3.05, 3.63) is 34.9 Å². The van der Waals surface area contributed by atoms with E-state index in [1.54, 1.807) is 12.1 Å². The Balaban J connectivity index is 2.08. The topological polar surface area (TPSA) is 29.5 Å². The van der Waals surface area contributed by atoms with E-state index >= 15 is 0 Å². The molecule has 0 bridgehead atoms. The summed E-state index contributed by atoms with van der Waals surface area (Å²) in [6.45, 7) is 6.27. The van der Waals surface area contributed by atoms with Crippen LogP contribution in [-0.2, 0) is 4.74 Å². The molecule has 0 spiro atoms. The quantitative estimate of drug-likeness (QED) is 0.789. The van der Waals surface area contributed by atoms with Crippen LogP contribution >= 0.6 is 11.6 Å². The molecule has 2 unspecified atom stereocenters. The number of hydrogen-bond acceptors (Lipinski definition) is 3. The van der Waals surface area contributed by atoms with E-state index in [9.17, 15) is 4.79 Å². The summed E-state index contributed by atoms with van der Waals surface area (Å²) in [5, 5.41) is 0.600. The molecule has 0 aromatic heterocycles. The smallest absolute Gasteiger partial charge is 0.179 e. The number of halogens is 1.